The number of amides is 1. The highest BCUT2D eigenvalue weighted by Gasteiger charge is 2.34. The van der Waals surface area contributed by atoms with Gasteiger partial charge in [-0.25, -0.2) is 0 Å². The molecule has 1 amide bonds. The van der Waals surface area contributed by atoms with Crippen molar-refractivity contribution in [1.82, 2.24) is 0 Å². The monoisotopic (exact) mass is 267 g/mol. The van der Waals surface area contributed by atoms with E-state index in [1.165, 1.54) is 0 Å². The first-order chi connectivity index (χ1) is 7.15. The zero-order valence-electron chi connectivity index (χ0n) is 8.88. The van der Waals surface area contributed by atoms with E-state index < -0.39 is 0 Å². The van der Waals surface area contributed by atoms with Gasteiger partial charge in [-0.05, 0) is 33.5 Å². The van der Waals surface area contributed by atoms with Crippen LogP contribution in [0.1, 0.15) is 31.7 Å². The van der Waals surface area contributed by atoms with Gasteiger partial charge in [0.1, 0.15) is 0 Å². The SMILES string of the molecule is CCC(C)C1C(=O)Nc2c(Br)cccc21. The van der Waals surface area contributed by atoms with Gasteiger partial charge >= 0.3 is 0 Å². The summed E-state index contributed by atoms with van der Waals surface area (Å²) in [6, 6.07) is 5.98. The van der Waals surface area contributed by atoms with Crippen LogP contribution in [0.3, 0.4) is 0 Å². The Bertz CT molecular complexity index is 403. The molecule has 80 valence electrons. The third kappa shape index (κ3) is 1.69. The van der Waals surface area contributed by atoms with Crippen LogP contribution >= 0.6 is 15.9 Å². The second kappa shape index (κ2) is 3.97. The number of hydrogen-bond donors (Lipinski definition) is 1. The lowest BCUT2D eigenvalue weighted by molar-refractivity contribution is -0.118. The van der Waals surface area contributed by atoms with Gasteiger partial charge < -0.3 is 5.32 Å². The van der Waals surface area contributed by atoms with Crippen molar-refractivity contribution in [1.29, 1.82) is 0 Å². The largest absolute Gasteiger partial charge is 0.324 e. The Kier molecular flexibility index (Phi) is 2.83. The molecule has 0 saturated heterocycles. The summed E-state index contributed by atoms with van der Waals surface area (Å²) in [5.74, 6) is 0.536. The fourth-order valence-corrected chi connectivity index (χ4v) is 2.56. The van der Waals surface area contributed by atoms with Gasteiger partial charge in [0, 0.05) is 4.47 Å². The zero-order valence-corrected chi connectivity index (χ0v) is 10.5. The number of benzene rings is 1. The van der Waals surface area contributed by atoms with Crippen LogP contribution in [0, 0.1) is 5.92 Å². The summed E-state index contributed by atoms with van der Waals surface area (Å²) in [5.41, 5.74) is 2.08. The molecule has 1 N–H and O–H groups in total. The van der Waals surface area contributed by atoms with Gasteiger partial charge in [-0.2, -0.15) is 0 Å². The van der Waals surface area contributed by atoms with Crippen LogP contribution in [-0.2, 0) is 4.79 Å². The van der Waals surface area contributed by atoms with Crippen molar-refractivity contribution in [2.24, 2.45) is 5.92 Å². The molecule has 0 radical (unpaired) electrons. The van der Waals surface area contributed by atoms with E-state index in [4.69, 9.17) is 0 Å². The Hall–Kier alpha value is -0.830. The molecule has 1 aromatic carbocycles. The van der Waals surface area contributed by atoms with Crippen LogP contribution in [0.5, 0.6) is 0 Å². The number of anilines is 1. The maximum atomic E-state index is 11.9. The molecule has 0 saturated carbocycles. The molecular formula is C12H14BrNO. The molecule has 0 spiro atoms. The fraction of sp³-hybridized carbons (Fsp3) is 0.417. The Balaban J connectivity index is 2.46. The van der Waals surface area contributed by atoms with Gasteiger partial charge in [0.15, 0.2) is 0 Å². The standard InChI is InChI=1S/C12H14BrNO/c1-3-7(2)10-8-5-4-6-9(13)11(8)14-12(10)15/h4-7,10H,3H2,1-2H3,(H,14,15). The molecule has 1 aliphatic heterocycles. The van der Waals surface area contributed by atoms with Crippen molar-refractivity contribution >= 4 is 27.5 Å². The lowest BCUT2D eigenvalue weighted by Gasteiger charge is -2.15. The third-order valence-corrected chi connectivity index (χ3v) is 3.79. The van der Waals surface area contributed by atoms with E-state index in [1.807, 2.05) is 18.2 Å². The van der Waals surface area contributed by atoms with Gasteiger partial charge in [0.05, 0.1) is 11.6 Å². The summed E-state index contributed by atoms with van der Waals surface area (Å²) in [7, 11) is 0. The molecule has 0 aromatic heterocycles. The van der Waals surface area contributed by atoms with Gasteiger partial charge in [0.2, 0.25) is 5.91 Å². The number of halogens is 1. The molecule has 0 bridgehead atoms. The lowest BCUT2D eigenvalue weighted by Crippen LogP contribution is -2.18. The van der Waals surface area contributed by atoms with Gasteiger partial charge in [-0.15, -0.1) is 0 Å². The van der Waals surface area contributed by atoms with Crippen LogP contribution in [0.15, 0.2) is 22.7 Å². The second-order valence-electron chi connectivity index (χ2n) is 4.06. The average molecular weight is 268 g/mol. The Morgan fingerprint density at radius 2 is 2.27 bits per heavy atom. The Labute approximate surface area is 98.2 Å². The molecule has 2 unspecified atom stereocenters. The minimum Gasteiger partial charge on any atom is -0.324 e. The maximum absolute atomic E-state index is 11.9. The zero-order chi connectivity index (χ0) is 11.0. The minimum atomic E-state index is 0.0162. The summed E-state index contributed by atoms with van der Waals surface area (Å²) >= 11 is 3.46. The number of hydrogen-bond acceptors (Lipinski definition) is 1. The number of para-hydroxylation sites is 1. The number of carbonyl (C=O) groups excluding carboxylic acids is 1. The number of carbonyl (C=O) groups is 1. The summed E-state index contributed by atoms with van der Waals surface area (Å²) in [6.45, 7) is 4.24. The molecule has 1 heterocycles. The van der Waals surface area contributed by atoms with Gasteiger partial charge in [-0.1, -0.05) is 32.4 Å². The van der Waals surface area contributed by atoms with Crippen molar-refractivity contribution < 1.29 is 4.79 Å². The summed E-state index contributed by atoms with van der Waals surface area (Å²) in [4.78, 5) is 11.9. The molecule has 15 heavy (non-hydrogen) atoms. The van der Waals surface area contributed by atoms with E-state index in [2.05, 4.69) is 35.1 Å². The van der Waals surface area contributed by atoms with Gasteiger partial charge in [0.25, 0.3) is 0 Å². The molecular weight excluding hydrogens is 254 g/mol. The summed E-state index contributed by atoms with van der Waals surface area (Å²) < 4.78 is 0.971. The number of fused-ring (bicyclic) bond motifs is 1. The highest BCUT2D eigenvalue weighted by Crippen LogP contribution is 2.41. The van der Waals surface area contributed by atoms with Crippen LogP contribution in [0.25, 0.3) is 0 Å². The number of rotatable bonds is 2. The van der Waals surface area contributed by atoms with Gasteiger partial charge in [-0.3, -0.25) is 4.79 Å². The van der Waals surface area contributed by atoms with Crippen molar-refractivity contribution in [2.75, 3.05) is 5.32 Å². The van der Waals surface area contributed by atoms with E-state index in [1.54, 1.807) is 0 Å². The minimum absolute atomic E-state index is 0.0162. The first-order valence-electron chi connectivity index (χ1n) is 5.24. The second-order valence-corrected chi connectivity index (χ2v) is 4.91. The molecule has 2 atom stereocenters. The predicted octanol–water partition coefficient (Wildman–Crippen LogP) is 3.53. The number of nitrogens with one attached hydrogen (secondary N) is 1. The Morgan fingerprint density at radius 1 is 1.53 bits per heavy atom. The van der Waals surface area contributed by atoms with E-state index >= 15 is 0 Å². The van der Waals surface area contributed by atoms with Crippen LogP contribution < -0.4 is 5.32 Å². The normalized spacial score (nSPS) is 21.0. The van der Waals surface area contributed by atoms with Crippen LogP contribution in [0.2, 0.25) is 0 Å². The summed E-state index contributed by atoms with van der Waals surface area (Å²) in [5, 5.41) is 2.95. The van der Waals surface area contributed by atoms with E-state index in [-0.39, 0.29) is 11.8 Å². The lowest BCUT2D eigenvalue weighted by atomic mass is 9.87. The quantitative estimate of drug-likeness (QED) is 0.873. The molecule has 1 aliphatic rings. The predicted molar refractivity (Wildman–Crippen MR) is 65.0 cm³/mol. The van der Waals surface area contributed by atoms with Crippen molar-refractivity contribution in [3.05, 3.63) is 28.2 Å². The topological polar surface area (TPSA) is 29.1 Å². The highest BCUT2D eigenvalue weighted by atomic mass is 79.9. The van der Waals surface area contributed by atoms with Crippen LogP contribution in [0.4, 0.5) is 5.69 Å². The smallest absolute Gasteiger partial charge is 0.232 e. The Morgan fingerprint density at radius 3 is 2.93 bits per heavy atom. The summed E-state index contributed by atoms with van der Waals surface area (Å²) in [6.07, 6.45) is 1.02. The average Bonchev–Trinajstić information content (AvgIpc) is 2.55. The first-order valence-corrected chi connectivity index (χ1v) is 6.03. The van der Waals surface area contributed by atoms with Crippen molar-refractivity contribution in [2.45, 2.75) is 26.2 Å². The molecule has 3 heteroatoms. The van der Waals surface area contributed by atoms with E-state index in [0.29, 0.717) is 5.92 Å². The van der Waals surface area contributed by atoms with Crippen molar-refractivity contribution in [3.63, 3.8) is 0 Å². The molecule has 2 nitrogen and oxygen atoms in total. The van der Waals surface area contributed by atoms with Crippen molar-refractivity contribution in [3.8, 4) is 0 Å². The van der Waals surface area contributed by atoms with E-state index in [0.717, 1.165) is 22.1 Å². The molecule has 0 aliphatic carbocycles. The molecule has 0 fully saturated rings. The fourth-order valence-electron chi connectivity index (χ4n) is 2.07. The first kappa shape index (κ1) is 10.7. The maximum Gasteiger partial charge on any atom is 0.232 e. The van der Waals surface area contributed by atoms with Crippen LogP contribution in [-0.4, -0.2) is 5.91 Å². The molecule has 2 rings (SSSR count). The highest BCUT2D eigenvalue weighted by molar-refractivity contribution is 9.10. The third-order valence-electron chi connectivity index (χ3n) is 3.12. The van der Waals surface area contributed by atoms with E-state index in [9.17, 15) is 4.79 Å². The molecule has 1 aromatic rings.